The van der Waals surface area contributed by atoms with Crippen LogP contribution >= 0.6 is 0 Å². The molecule has 2 heteroatoms. The molecule has 0 spiro atoms. The lowest BCUT2D eigenvalue weighted by Crippen LogP contribution is -2.02. The van der Waals surface area contributed by atoms with Crippen molar-refractivity contribution < 1.29 is 10.2 Å². The highest BCUT2D eigenvalue weighted by Gasteiger charge is 2.15. The summed E-state index contributed by atoms with van der Waals surface area (Å²) in [6.45, 7) is 0. The third kappa shape index (κ3) is 1.01. The first-order valence-electron chi connectivity index (χ1n) is 3.95. The molecule has 2 nitrogen and oxygen atoms in total. The molecule has 1 atom stereocenters. The largest absolute Gasteiger partial charge is 0.507 e. The van der Waals surface area contributed by atoms with Gasteiger partial charge in [-0.1, -0.05) is 24.3 Å². The molecule has 12 heavy (non-hydrogen) atoms. The van der Waals surface area contributed by atoms with Crippen molar-refractivity contribution in [3.05, 3.63) is 35.4 Å². The summed E-state index contributed by atoms with van der Waals surface area (Å²) in [4.78, 5) is 0. The molecule has 0 fully saturated rings. The van der Waals surface area contributed by atoms with Crippen molar-refractivity contribution in [1.29, 1.82) is 0 Å². The van der Waals surface area contributed by atoms with E-state index in [2.05, 4.69) is 0 Å². The lowest BCUT2D eigenvalue weighted by molar-refractivity contribution is 0.179. The predicted octanol–water partition coefficient (Wildman–Crippen LogP) is 1.84. The summed E-state index contributed by atoms with van der Waals surface area (Å²) in [6.07, 6.45) is 3.89. The fraction of sp³-hybridized carbons (Fsp3) is 0.200. The van der Waals surface area contributed by atoms with E-state index in [9.17, 15) is 10.2 Å². The van der Waals surface area contributed by atoms with E-state index in [-0.39, 0.29) is 5.75 Å². The van der Waals surface area contributed by atoms with Crippen molar-refractivity contribution in [2.75, 3.05) is 0 Å². The minimum absolute atomic E-state index is 0.238. The van der Waals surface area contributed by atoms with Crippen molar-refractivity contribution >= 4 is 6.08 Å². The molecule has 62 valence electrons. The van der Waals surface area contributed by atoms with Crippen LogP contribution in [0.15, 0.2) is 24.3 Å². The van der Waals surface area contributed by atoms with Crippen LogP contribution in [0.4, 0.5) is 0 Å². The maximum atomic E-state index is 9.52. The lowest BCUT2D eigenvalue weighted by Gasteiger charge is -2.16. The molecule has 2 rings (SSSR count). The van der Waals surface area contributed by atoms with Gasteiger partial charge in [0, 0.05) is 5.56 Å². The van der Waals surface area contributed by atoms with Crippen LogP contribution in [-0.2, 0) is 0 Å². The second-order valence-electron chi connectivity index (χ2n) is 2.93. The second-order valence-corrected chi connectivity index (χ2v) is 2.93. The quantitative estimate of drug-likeness (QED) is 0.611. The van der Waals surface area contributed by atoms with Gasteiger partial charge in [0.05, 0.1) is 6.10 Å². The van der Waals surface area contributed by atoms with Gasteiger partial charge in [0.25, 0.3) is 0 Å². The molecule has 1 aliphatic rings. The minimum atomic E-state index is -0.461. The Labute approximate surface area is 70.8 Å². The predicted molar refractivity (Wildman–Crippen MR) is 46.7 cm³/mol. The van der Waals surface area contributed by atoms with Gasteiger partial charge in [0.2, 0.25) is 0 Å². The van der Waals surface area contributed by atoms with Crippen LogP contribution in [0.2, 0.25) is 0 Å². The Bertz CT molecular complexity index is 329. The monoisotopic (exact) mass is 162 g/mol. The zero-order chi connectivity index (χ0) is 8.55. The number of aromatic hydroxyl groups is 1. The molecule has 0 amide bonds. The minimum Gasteiger partial charge on any atom is -0.507 e. The first-order chi connectivity index (χ1) is 5.79. The van der Waals surface area contributed by atoms with Crippen molar-refractivity contribution in [2.24, 2.45) is 0 Å². The number of hydrogen-bond acceptors (Lipinski definition) is 2. The molecule has 0 aromatic heterocycles. The van der Waals surface area contributed by atoms with Gasteiger partial charge in [-0.15, -0.1) is 0 Å². The molecule has 2 N–H and O–H groups in total. The van der Waals surface area contributed by atoms with Gasteiger partial charge >= 0.3 is 0 Å². The molecule has 1 aromatic rings. The van der Waals surface area contributed by atoms with Crippen molar-refractivity contribution in [1.82, 2.24) is 0 Å². The van der Waals surface area contributed by atoms with E-state index in [0.717, 1.165) is 11.1 Å². The molecule has 0 heterocycles. The van der Waals surface area contributed by atoms with Gasteiger partial charge in [-0.3, -0.25) is 0 Å². The van der Waals surface area contributed by atoms with E-state index < -0.39 is 6.10 Å². The Morgan fingerprint density at radius 1 is 1.33 bits per heavy atom. The second kappa shape index (κ2) is 2.64. The normalized spacial score (nSPS) is 20.6. The Morgan fingerprint density at radius 3 is 2.92 bits per heavy atom. The number of phenols is 1. The fourth-order valence-corrected chi connectivity index (χ4v) is 1.48. The highest BCUT2D eigenvalue weighted by Crippen LogP contribution is 2.32. The SMILES string of the molecule is Oc1cccc2c1C=CCC2O. The molecule has 1 aliphatic carbocycles. The van der Waals surface area contributed by atoms with Crippen molar-refractivity contribution in [3.63, 3.8) is 0 Å². The number of rotatable bonds is 0. The summed E-state index contributed by atoms with van der Waals surface area (Å²) in [5, 5.41) is 18.9. The number of aliphatic hydroxyl groups is 1. The van der Waals surface area contributed by atoms with Gasteiger partial charge in [-0.2, -0.15) is 0 Å². The van der Waals surface area contributed by atoms with Crippen LogP contribution in [0, 0.1) is 0 Å². The van der Waals surface area contributed by atoms with E-state index >= 15 is 0 Å². The summed E-state index contributed by atoms with van der Waals surface area (Å²) in [6, 6.07) is 5.21. The van der Waals surface area contributed by atoms with E-state index in [1.165, 1.54) is 0 Å². The Kier molecular flexibility index (Phi) is 1.62. The number of benzene rings is 1. The molecular formula is C10H10O2. The topological polar surface area (TPSA) is 40.5 Å². The number of phenolic OH excluding ortho intramolecular Hbond substituents is 1. The molecule has 0 saturated heterocycles. The van der Waals surface area contributed by atoms with E-state index in [4.69, 9.17) is 0 Å². The Morgan fingerprint density at radius 2 is 2.17 bits per heavy atom. The number of fused-ring (bicyclic) bond motifs is 1. The Balaban J connectivity index is 2.61. The van der Waals surface area contributed by atoms with Crippen LogP contribution in [0.5, 0.6) is 5.75 Å². The average Bonchev–Trinajstić information content (AvgIpc) is 2.07. The molecule has 1 aromatic carbocycles. The van der Waals surface area contributed by atoms with Gasteiger partial charge in [0.15, 0.2) is 0 Å². The van der Waals surface area contributed by atoms with Crippen LogP contribution in [0.3, 0.4) is 0 Å². The third-order valence-electron chi connectivity index (χ3n) is 2.12. The Hall–Kier alpha value is -1.28. The molecule has 0 aliphatic heterocycles. The van der Waals surface area contributed by atoms with Crippen LogP contribution < -0.4 is 0 Å². The molecule has 1 unspecified atom stereocenters. The van der Waals surface area contributed by atoms with Crippen LogP contribution in [-0.4, -0.2) is 10.2 Å². The summed E-state index contributed by atoms with van der Waals surface area (Å²) in [5.74, 6) is 0.238. The third-order valence-corrected chi connectivity index (χ3v) is 2.12. The van der Waals surface area contributed by atoms with Crippen LogP contribution in [0.25, 0.3) is 6.08 Å². The zero-order valence-corrected chi connectivity index (χ0v) is 6.57. The van der Waals surface area contributed by atoms with Crippen molar-refractivity contribution in [2.45, 2.75) is 12.5 Å². The van der Waals surface area contributed by atoms with E-state index in [1.54, 1.807) is 12.1 Å². The highest BCUT2D eigenvalue weighted by atomic mass is 16.3. The highest BCUT2D eigenvalue weighted by molar-refractivity contribution is 5.63. The first-order valence-corrected chi connectivity index (χ1v) is 3.95. The summed E-state index contributed by atoms with van der Waals surface area (Å²) >= 11 is 0. The van der Waals surface area contributed by atoms with Crippen molar-refractivity contribution in [3.8, 4) is 5.75 Å². The number of hydrogen-bond donors (Lipinski definition) is 2. The van der Waals surface area contributed by atoms with Gasteiger partial charge in [0.1, 0.15) is 5.75 Å². The summed E-state index contributed by atoms with van der Waals surface area (Å²) in [5.41, 5.74) is 1.56. The standard InChI is InChI=1S/C10H10O2/c11-9-5-1-3-7-8(9)4-2-6-10(7)12/h1-5,10-12H,6H2. The van der Waals surface area contributed by atoms with Crippen LogP contribution in [0.1, 0.15) is 23.7 Å². The van der Waals surface area contributed by atoms with E-state index in [0.29, 0.717) is 6.42 Å². The molecule has 0 saturated carbocycles. The maximum Gasteiger partial charge on any atom is 0.123 e. The fourth-order valence-electron chi connectivity index (χ4n) is 1.48. The summed E-state index contributed by atoms with van der Waals surface area (Å²) in [7, 11) is 0. The van der Waals surface area contributed by atoms with E-state index in [1.807, 2.05) is 18.2 Å². The molecule has 0 bridgehead atoms. The average molecular weight is 162 g/mol. The van der Waals surface area contributed by atoms with Gasteiger partial charge in [-0.25, -0.2) is 0 Å². The van der Waals surface area contributed by atoms with Gasteiger partial charge in [-0.05, 0) is 18.1 Å². The maximum absolute atomic E-state index is 9.52. The van der Waals surface area contributed by atoms with Gasteiger partial charge < -0.3 is 10.2 Å². The molecular weight excluding hydrogens is 152 g/mol. The summed E-state index contributed by atoms with van der Waals surface area (Å²) < 4.78 is 0. The zero-order valence-electron chi connectivity index (χ0n) is 6.57. The smallest absolute Gasteiger partial charge is 0.123 e. The first kappa shape index (κ1) is 7.37. The molecule has 0 radical (unpaired) electrons. The number of aliphatic hydroxyl groups excluding tert-OH is 1. The lowest BCUT2D eigenvalue weighted by atomic mass is 9.94.